The minimum Gasteiger partial charge on any atom is -0.480 e. The number of fused-ring (bicyclic) bond motifs is 1. The van der Waals surface area contributed by atoms with Gasteiger partial charge in [-0.15, -0.1) is 24.8 Å². The van der Waals surface area contributed by atoms with Gasteiger partial charge in [-0.25, -0.2) is 0 Å². The molecule has 0 radical (unpaired) electrons. The number of aliphatic carboxylic acids is 1. The van der Waals surface area contributed by atoms with E-state index in [-0.39, 0.29) is 31.4 Å². The Balaban J connectivity index is 0.000000980. The second-order valence-corrected chi connectivity index (χ2v) is 2.60. The molecule has 82 valence electrons. The molecular formula is C8H9Cl2N3O2. The van der Waals surface area contributed by atoms with Crippen molar-refractivity contribution in [1.29, 1.82) is 0 Å². The summed E-state index contributed by atoms with van der Waals surface area (Å²) in [4.78, 5) is 14.5. The molecule has 1 N–H and O–H groups in total. The van der Waals surface area contributed by atoms with E-state index in [1.807, 2.05) is 0 Å². The Kier molecular flexibility index (Phi) is 5.04. The van der Waals surface area contributed by atoms with Crippen LogP contribution >= 0.6 is 24.8 Å². The van der Waals surface area contributed by atoms with Gasteiger partial charge in [0.1, 0.15) is 12.1 Å². The lowest BCUT2D eigenvalue weighted by molar-refractivity contribution is -0.137. The van der Waals surface area contributed by atoms with E-state index in [0.717, 1.165) is 5.52 Å². The molecule has 0 amide bonds. The van der Waals surface area contributed by atoms with E-state index in [2.05, 4.69) is 10.1 Å². The summed E-state index contributed by atoms with van der Waals surface area (Å²) >= 11 is 0. The van der Waals surface area contributed by atoms with E-state index in [4.69, 9.17) is 5.11 Å². The summed E-state index contributed by atoms with van der Waals surface area (Å²) in [5, 5.41) is 12.5. The Morgan fingerprint density at radius 1 is 1.47 bits per heavy atom. The summed E-state index contributed by atoms with van der Waals surface area (Å²) in [6.07, 6.45) is 3.20. The number of hydrogen-bond donors (Lipinski definition) is 1. The zero-order valence-electron chi connectivity index (χ0n) is 7.53. The number of carbonyl (C=O) groups is 1. The summed E-state index contributed by atoms with van der Waals surface area (Å²) in [5.41, 5.74) is 1.45. The van der Waals surface area contributed by atoms with Crippen molar-refractivity contribution in [2.24, 2.45) is 0 Å². The maximum atomic E-state index is 10.4. The van der Waals surface area contributed by atoms with Gasteiger partial charge in [0.15, 0.2) is 0 Å². The average molecular weight is 250 g/mol. The molecule has 0 aliphatic rings. The molecule has 2 aromatic heterocycles. The summed E-state index contributed by atoms with van der Waals surface area (Å²) < 4.78 is 1.41. The normalized spacial score (nSPS) is 9.07. The largest absolute Gasteiger partial charge is 0.480 e. The molecule has 0 unspecified atom stereocenters. The van der Waals surface area contributed by atoms with Crippen molar-refractivity contribution in [3.8, 4) is 0 Å². The third kappa shape index (κ3) is 2.81. The summed E-state index contributed by atoms with van der Waals surface area (Å²) in [7, 11) is 0. The quantitative estimate of drug-likeness (QED) is 0.873. The number of carboxylic acids is 1. The lowest BCUT2D eigenvalue weighted by atomic mass is 10.4. The van der Waals surface area contributed by atoms with Gasteiger partial charge in [-0.3, -0.25) is 14.5 Å². The van der Waals surface area contributed by atoms with Crippen molar-refractivity contribution in [3.63, 3.8) is 0 Å². The molecule has 0 aromatic carbocycles. The molecule has 0 aliphatic carbocycles. The van der Waals surface area contributed by atoms with Crippen LogP contribution in [0.2, 0.25) is 0 Å². The standard InChI is InChI=1S/C8H7N3O2.2ClH/c12-8(13)5-11-7-2-1-3-9-6(7)4-10-11;;/h1-4H,5H2,(H,12,13);2*1H. The predicted molar refractivity (Wildman–Crippen MR) is 59.7 cm³/mol. The number of halogens is 2. The second kappa shape index (κ2) is 5.53. The molecule has 7 heteroatoms. The maximum Gasteiger partial charge on any atom is 0.325 e. The molecular weight excluding hydrogens is 241 g/mol. The first-order chi connectivity index (χ1) is 6.27. The molecule has 0 saturated carbocycles. The molecule has 2 aromatic rings. The average Bonchev–Trinajstić information content (AvgIpc) is 2.48. The van der Waals surface area contributed by atoms with Crippen LogP contribution in [0, 0.1) is 0 Å². The van der Waals surface area contributed by atoms with Crippen LogP contribution in [-0.4, -0.2) is 25.8 Å². The summed E-state index contributed by atoms with van der Waals surface area (Å²) in [6, 6.07) is 3.54. The SMILES string of the molecule is Cl.Cl.O=C(O)Cn1ncc2ncccc21. The number of pyridine rings is 1. The third-order valence-corrected chi connectivity index (χ3v) is 1.70. The van der Waals surface area contributed by atoms with E-state index < -0.39 is 5.97 Å². The fraction of sp³-hybridized carbons (Fsp3) is 0.125. The van der Waals surface area contributed by atoms with Gasteiger partial charge in [-0.1, -0.05) is 0 Å². The van der Waals surface area contributed by atoms with Gasteiger partial charge in [0, 0.05) is 6.20 Å². The van der Waals surface area contributed by atoms with E-state index in [1.165, 1.54) is 4.68 Å². The van der Waals surface area contributed by atoms with E-state index in [0.29, 0.717) is 5.52 Å². The van der Waals surface area contributed by atoms with Crippen LogP contribution in [0.4, 0.5) is 0 Å². The van der Waals surface area contributed by atoms with Crippen LogP contribution in [0.1, 0.15) is 0 Å². The first kappa shape index (κ1) is 13.7. The fourth-order valence-electron chi connectivity index (χ4n) is 1.17. The molecule has 0 saturated heterocycles. The van der Waals surface area contributed by atoms with Crippen LogP contribution in [0.5, 0.6) is 0 Å². The highest BCUT2D eigenvalue weighted by Gasteiger charge is 2.05. The zero-order valence-corrected chi connectivity index (χ0v) is 9.16. The number of rotatable bonds is 2. The zero-order chi connectivity index (χ0) is 9.26. The van der Waals surface area contributed by atoms with E-state index in [9.17, 15) is 4.79 Å². The monoisotopic (exact) mass is 249 g/mol. The van der Waals surface area contributed by atoms with Gasteiger partial charge in [0.25, 0.3) is 0 Å². The van der Waals surface area contributed by atoms with Gasteiger partial charge in [-0.2, -0.15) is 5.10 Å². The van der Waals surface area contributed by atoms with Gasteiger partial charge < -0.3 is 5.11 Å². The smallest absolute Gasteiger partial charge is 0.325 e. The van der Waals surface area contributed by atoms with Crippen molar-refractivity contribution in [3.05, 3.63) is 24.5 Å². The highest BCUT2D eigenvalue weighted by molar-refractivity contribution is 5.85. The Bertz CT molecular complexity index is 458. The van der Waals surface area contributed by atoms with Crippen LogP contribution < -0.4 is 0 Å². The van der Waals surface area contributed by atoms with Gasteiger partial charge in [-0.05, 0) is 12.1 Å². The van der Waals surface area contributed by atoms with E-state index >= 15 is 0 Å². The molecule has 2 rings (SSSR count). The van der Waals surface area contributed by atoms with Gasteiger partial charge in [0.05, 0.1) is 11.7 Å². The number of aromatic nitrogens is 3. The molecule has 0 bridgehead atoms. The summed E-state index contributed by atoms with van der Waals surface area (Å²) in [5.74, 6) is -0.908. The molecule has 15 heavy (non-hydrogen) atoms. The number of carboxylic acid groups (broad SMARTS) is 1. The summed E-state index contributed by atoms with van der Waals surface area (Å²) in [6.45, 7) is -0.130. The first-order valence-corrected chi connectivity index (χ1v) is 3.76. The molecule has 0 spiro atoms. The number of hydrogen-bond acceptors (Lipinski definition) is 3. The van der Waals surface area contributed by atoms with E-state index in [1.54, 1.807) is 24.5 Å². The van der Waals surface area contributed by atoms with Crippen LogP contribution in [0.25, 0.3) is 11.0 Å². The van der Waals surface area contributed by atoms with Crippen LogP contribution in [0.3, 0.4) is 0 Å². The first-order valence-electron chi connectivity index (χ1n) is 3.76. The Morgan fingerprint density at radius 3 is 2.87 bits per heavy atom. The van der Waals surface area contributed by atoms with Gasteiger partial charge >= 0.3 is 5.97 Å². The van der Waals surface area contributed by atoms with Crippen molar-refractivity contribution in [2.75, 3.05) is 0 Å². The number of nitrogens with zero attached hydrogens (tertiary/aromatic N) is 3. The highest BCUT2D eigenvalue weighted by atomic mass is 35.5. The maximum absolute atomic E-state index is 10.4. The Labute approximate surface area is 97.9 Å². The molecule has 0 atom stereocenters. The molecule has 0 aliphatic heterocycles. The Morgan fingerprint density at radius 2 is 2.20 bits per heavy atom. The van der Waals surface area contributed by atoms with Crippen molar-refractivity contribution in [1.82, 2.24) is 14.8 Å². The van der Waals surface area contributed by atoms with Gasteiger partial charge in [0.2, 0.25) is 0 Å². The van der Waals surface area contributed by atoms with Crippen molar-refractivity contribution >= 4 is 41.8 Å². The highest BCUT2D eigenvalue weighted by Crippen LogP contribution is 2.08. The topological polar surface area (TPSA) is 68.0 Å². The van der Waals surface area contributed by atoms with Crippen molar-refractivity contribution in [2.45, 2.75) is 6.54 Å². The minimum atomic E-state index is -0.908. The minimum absolute atomic E-state index is 0. The Hall–Kier alpha value is -1.33. The molecule has 5 nitrogen and oxygen atoms in total. The molecule has 0 fully saturated rings. The third-order valence-electron chi connectivity index (χ3n) is 1.70. The fourth-order valence-corrected chi connectivity index (χ4v) is 1.17. The molecule has 2 heterocycles. The predicted octanol–water partition coefficient (Wildman–Crippen LogP) is 1.36. The lowest BCUT2D eigenvalue weighted by Gasteiger charge is -1.96. The van der Waals surface area contributed by atoms with Crippen LogP contribution in [0.15, 0.2) is 24.5 Å². The van der Waals surface area contributed by atoms with Crippen molar-refractivity contribution < 1.29 is 9.90 Å². The van der Waals surface area contributed by atoms with Crippen LogP contribution in [-0.2, 0) is 11.3 Å². The second-order valence-electron chi connectivity index (χ2n) is 2.60. The lowest BCUT2D eigenvalue weighted by Crippen LogP contribution is -2.09.